The van der Waals surface area contributed by atoms with Crippen LogP contribution in [0.25, 0.3) is 0 Å². The fourth-order valence-electron chi connectivity index (χ4n) is 1.71. The molecule has 0 saturated carbocycles. The Morgan fingerprint density at radius 1 is 1.22 bits per heavy atom. The van der Waals surface area contributed by atoms with E-state index < -0.39 is 0 Å². The molecule has 18 heavy (non-hydrogen) atoms. The number of nitrogens with one attached hydrogen (secondary N) is 1. The van der Waals surface area contributed by atoms with Crippen molar-refractivity contribution in [3.8, 4) is 0 Å². The fourth-order valence-corrected chi connectivity index (χ4v) is 2.09. The van der Waals surface area contributed by atoms with Crippen molar-refractivity contribution in [3.05, 3.63) is 52.5 Å². The lowest BCUT2D eigenvalue weighted by molar-refractivity contribution is 0.185. The summed E-state index contributed by atoms with van der Waals surface area (Å²) in [7, 11) is 1.69. The fraction of sp³-hybridized carbons (Fsp3) is 0.143. The van der Waals surface area contributed by atoms with Gasteiger partial charge in [-0.15, -0.1) is 0 Å². The van der Waals surface area contributed by atoms with Gasteiger partial charge in [-0.1, -0.05) is 28.1 Å². The number of nitrogens with two attached hydrogens (primary N) is 1. The third-order valence-electron chi connectivity index (χ3n) is 2.53. The number of hydrogen-bond donors (Lipinski definition) is 2. The molecule has 2 aromatic rings. The minimum atomic E-state index is 0.603. The molecule has 0 unspecified atom stereocenters. The summed E-state index contributed by atoms with van der Waals surface area (Å²) in [6, 6.07) is 13.8. The first kappa shape index (κ1) is 12.9. The van der Waals surface area contributed by atoms with E-state index in [1.165, 1.54) is 0 Å². The summed E-state index contributed by atoms with van der Waals surface area (Å²) in [5.74, 6) is 0. The number of benzene rings is 2. The van der Waals surface area contributed by atoms with Crippen LogP contribution in [0.3, 0.4) is 0 Å². The Kier molecular flexibility index (Phi) is 4.23. The average Bonchev–Trinajstić information content (AvgIpc) is 2.34. The molecule has 0 heterocycles. The molecule has 0 radical (unpaired) electrons. The van der Waals surface area contributed by atoms with Crippen molar-refractivity contribution < 1.29 is 4.74 Å². The predicted molar refractivity (Wildman–Crippen MR) is 79.0 cm³/mol. The van der Waals surface area contributed by atoms with Crippen molar-refractivity contribution in [3.63, 3.8) is 0 Å². The lowest BCUT2D eigenvalue weighted by Crippen LogP contribution is -1.97. The quantitative estimate of drug-likeness (QED) is 0.842. The Hall–Kier alpha value is -1.52. The highest BCUT2D eigenvalue weighted by Crippen LogP contribution is 2.26. The second kappa shape index (κ2) is 5.89. The van der Waals surface area contributed by atoms with Crippen LogP contribution in [0.1, 0.15) is 5.56 Å². The molecular weight excluding hydrogens is 292 g/mol. The van der Waals surface area contributed by atoms with Gasteiger partial charge in [0, 0.05) is 17.3 Å². The summed E-state index contributed by atoms with van der Waals surface area (Å²) in [6.45, 7) is 0.603. The van der Waals surface area contributed by atoms with E-state index in [1.54, 1.807) is 7.11 Å². The Morgan fingerprint density at radius 2 is 2.06 bits per heavy atom. The van der Waals surface area contributed by atoms with E-state index in [1.807, 2.05) is 42.5 Å². The van der Waals surface area contributed by atoms with Crippen molar-refractivity contribution in [2.24, 2.45) is 0 Å². The van der Waals surface area contributed by atoms with Gasteiger partial charge in [-0.3, -0.25) is 0 Å². The van der Waals surface area contributed by atoms with Gasteiger partial charge in [0.05, 0.1) is 18.0 Å². The highest BCUT2D eigenvalue weighted by atomic mass is 79.9. The van der Waals surface area contributed by atoms with Gasteiger partial charge in [0.1, 0.15) is 0 Å². The Balaban J connectivity index is 2.20. The van der Waals surface area contributed by atoms with Gasteiger partial charge in [0.2, 0.25) is 0 Å². The molecule has 0 spiro atoms. The zero-order valence-corrected chi connectivity index (χ0v) is 11.7. The van der Waals surface area contributed by atoms with E-state index in [0.717, 1.165) is 21.4 Å². The maximum atomic E-state index is 5.95. The van der Waals surface area contributed by atoms with Crippen molar-refractivity contribution in [2.75, 3.05) is 18.2 Å². The summed E-state index contributed by atoms with van der Waals surface area (Å²) in [4.78, 5) is 0. The molecule has 0 aromatic heterocycles. The van der Waals surface area contributed by atoms with Gasteiger partial charge in [-0.05, 0) is 35.9 Å². The first-order valence-corrected chi connectivity index (χ1v) is 6.38. The number of anilines is 3. The molecule has 3 N–H and O–H groups in total. The van der Waals surface area contributed by atoms with E-state index >= 15 is 0 Å². The van der Waals surface area contributed by atoms with E-state index in [9.17, 15) is 0 Å². The topological polar surface area (TPSA) is 47.3 Å². The SMILES string of the molecule is COCc1cccc(Nc2ccc(Br)cc2N)c1. The van der Waals surface area contributed by atoms with Crippen LogP contribution in [0.15, 0.2) is 46.9 Å². The number of nitrogen functional groups attached to an aromatic ring is 1. The van der Waals surface area contributed by atoms with Gasteiger partial charge < -0.3 is 15.8 Å². The molecule has 0 saturated heterocycles. The minimum absolute atomic E-state index is 0.603. The summed E-state index contributed by atoms with van der Waals surface area (Å²) in [5.41, 5.74) is 9.68. The highest BCUT2D eigenvalue weighted by molar-refractivity contribution is 9.10. The Bertz CT molecular complexity index is 543. The molecule has 0 bridgehead atoms. The van der Waals surface area contributed by atoms with Crippen molar-refractivity contribution in [1.29, 1.82) is 0 Å². The molecule has 2 aromatic carbocycles. The summed E-state index contributed by atoms with van der Waals surface area (Å²) in [6.07, 6.45) is 0. The lowest BCUT2D eigenvalue weighted by atomic mass is 10.2. The van der Waals surface area contributed by atoms with Crippen LogP contribution in [-0.4, -0.2) is 7.11 Å². The molecule has 94 valence electrons. The molecule has 0 aliphatic carbocycles. The minimum Gasteiger partial charge on any atom is -0.397 e. The van der Waals surface area contributed by atoms with E-state index in [-0.39, 0.29) is 0 Å². The molecule has 2 rings (SSSR count). The normalized spacial score (nSPS) is 10.3. The zero-order valence-electron chi connectivity index (χ0n) is 10.1. The lowest BCUT2D eigenvalue weighted by Gasteiger charge is -2.10. The Labute approximate surface area is 115 Å². The first-order valence-electron chi connectivity index (χ1n) is 5.59. The van der Waals surface area contributed by atoms with Crippen LogP contribution in [0.5, 0.6) is 0 Å². The van der Waals surface area contributed by atoms with Gasteiger partial charge in [-0.25, -0.2) is 0 Å². The van der Waals surface area contributed by atoms with Gasteiger partial charge in [-0.2, -0.15) is 0 Å². The van der Waals surface area contributed by atoms with Gasteiger partial charge >= 0.3 is 0 Å². The number of methoxy groups -OCH3 is 1. The second-order valence-electron chi connectivity index (χ2n) is 3.99. The molecule has 3 nitrogen and oxygen atoms in total. The molecule has 4 heteroatoms. The van der Waals surface area contributed by atoms with Gasteiger partial charge in [0.25, 0.3) is 0 Å². The van der Waals surface area contributed by atoms with Crippen LogP contribution >= 0.6 is 15.9 Å². The molecular formula is C14H15BrN2O. The van der Waals surface area contributed by atoms with Crippen molar-refractivity contribution in [2.45, 2.75) is 6.61 Å². The average molecular weight is 307 g/mol. The van der Waals surface area contributed by atoms with E-state index in [2.05, 4.69) is 21.2 Å². The standard InChI is InChI=1S/C14H15BrN2O/c1-18-9-10-3-2-4-12(7-10)17-14-6-5-11(15)8-13(14)16/h2-8,17H,9,16H2,1H3. The van der Waals surface area contributed by atoms with Crippen molar-refractivity contribution >= 4 is 33.0 Å². The molecule has 0 amide bonds. The monoisotopic (exact) mass is 306 g/mol. The first-order chi connectivity index (χ1) is 8.69. The maximum Gasteiger partial charge on any atom is 0.0713 e. The molecule has 0 aliphatic heterocycles. The Morgan fingerprint density at radius 3 is 2.78 bits per heavy atom. The summed E-state index contributed by atoms with van der Waals surface area (Å²) >= 11 is 3.39. The number of rotatable bonds is 4. The van der Waals surface area contributed by atoms with Gasteiger partial charge in [0.15, 0.2) is 0 Å². The molecule has 0 aliphatic rings. The van der Waals surface area contributed by atoms with Crippen LogP contribution in [0, 0.1) is 0 Å². The third-order valence-corrected chi connectivity index (χ3v) is 3.02. The molecule has 0 atom stereocenters. The van der Waals surface area contributed by atoms with E-state index in [4.69, 9.17) is 10.5 Å². The molecule has 0 fully saturated rings. The second-order valence-corrected chi connectivity index (χ2v) is 4.91. The summed E-state index contributed by atoms with van der Waals surface area (Å²) in [5, 5.41) is 3.30. The van der Waals surface area contributed by atoms with E-state index in [0.29, 0.717) is 12.3 Å². The van der Waals surface area contributed by atoms with Crippen LogP contribution in [0.2, 0.25) is 0 Å². The summed E-state index contributed by atoms with van der Waals surface area (Å²) < 4.78 is 6.08. The van der Waals surface area contributed by atoms with Crippen LogP contribution in [-0.2, 0) is 11.3 Å². The number of ether oxygens (including phenoxy) is 1. The largest absolute Gasteiger partial charge is 0.397 e. The van der Waals surface area contributed by atoms with Crippen molar-refractivity contribution in [1.82, 2.24) is 0 Å². The maximum absolute atomic E-state index is 5.95. The van der Waals surface area contributed by atoms with Crippen LogP contribution in [0.4, 0.5) is 17.1 Å². The zero-order chi connectivity index (χ0) is 13.0. The smallest absolute Gasteiger partial charge is 0.0713 e. The third kappa shape index (κ3) is 3.24. The number of halogens is 1. The highest BCUT2D eigenvalue weighted by Gasteiger charge is 2.01. The predicted octanol–water partition coefficient (Wildman–Crippen LogP) is 3.92. The van der Waals surface area contributed by atoms with Crippen LogP contribution < -0.4 is 11.1 Å². The number of hydrogen-bond acceptors (Lipinski definition) is 3.